The number of carbonyl (C=O) groups is 2. The first-order chi connectivity index (χ1) is 8.93. The van der Waals surface area contributed by atoms with Gasteiger partial charge in [-0.3, -0.25) is 9.59 Å². The molecule has 0 fully saturated rings. The summed E-state index contributed by atoms with van der Waals surface area (Å²) in [5.41, 5.74) is 0. The quantitative estimate of drug-likeness (QED) is 0.847. The Kier molecular flexibility index (Phi) is 5.57. The Morgan fingerprint density at radius 2 is 2.05 bits per heavy atom. The zero-order valence-electron chi connectivity index (χ0n) is 10.8. The summed E-state index contributed by atoms with van der Waals surface area (Å²) in [7, 11) is 1.71. The summed E-state index contributed by atoms with van der Waals surface area (Å²) in [6.45, 7) is 1.86. The van der Waals surface area contributed by atoms with Crippen LogP contribution in [0.25, 0.3) is 0 Å². The monoisotopic (exact) mass is 285 g/mol. The lowest BCUT2D eigenvalue weighted by Gasteiger charge is -2.23. The van der Waals surface area contributed by atoms with E-state index in [1.807, 2.05) is 0 Å². The van der Waals surface area contributed by atoms with Crippen LogP contribution in [0.15, 0.2) is 18.3 Å². The Morgan fingerprint density at radius 1 is 1.37 bits per heavy atom. The molecule has 7 heteroatoms. The fourth-order valence-electron chi connectivity index (χ4n) is 1.52. The van der Waals surface area contributed by atoms with E-state index in [-0.39, 0.29) is 19.0 Å². The molecular formula is C12H16ClN3O3. The average molecular weight is 286 g/mol. The summed E-state index contributed by atoms with van der Waals surface area (Å²) >= 11 is 5.73. The molecule has 0 bridgehead atoms. The van der Waals surface area contributed by atoms with Crippen molar-refractivity contribution in [3.8, 4) is 0 Å². The van der Waals surface area contributed by atoms with E-state index in [0.29, 0.717) is 17.4 Å². The normalized spacial score (nSPS) is 10.1. The van der Waals surface area contributed by atoms with Gasteiger partial charge < -0.3 is 14.9 Å². The highest BCUT2D eigenvalue weighted by atomic mass is 35.5. The largest absolute Gasteiger partial charge is 0.480 e. The smallest absolute Gasteiger partial charge is 0.323 e. The molecule has 0 unspecified atom stereocenters. The summed E-state index contributed by atoms with van der Waals surface area (Å²) in [5.74, 6) is -0.684. The van der Waals surface area contributed by atoms with Gasteiger partial charge in [0, 0.05) is 19.8 Å². The van der Waals surface area contributed by atoms with Crippen LogP contribution in [0, 0.1) is 0 Å². The van der Waals surface area contributed by atoms with Gasteiger partial charge >= 0.3 is 5.97 Å². The fourth-order valence-corrected chi connectivity index (χ4v) is 1.63. The van der Waals surface area contributed by atoms with Gasteiger partial charge in [0.2, 0.25) is 5.91 Å². The molecule has 19 heavy (non-hydrogen) atoms. The number of aliphatic carboxylic acids is 1. The number of hydrogen-bond acceptors (Lipinski definition) is 4. The summed E-state index contributed by atoms with van der Waals surface area (Å²) in [4.78, 5) is 29.6. The molecule has 0 atom stereocenters. The minimum Gasteiger partial charge on any atom is -0.480 e. The highest BCUT2D eigenvalue weighted by Crippen LogP contribution is 2.12. The van der Waals surface area contributed by atoms with Crippen molar-refractivity contribution in [1.29, 1.82) is 0 Å². The van der Waals surface area contributed by atoms with Crippen molar-refractivity contribution in [1.82, 2.24) is 9.88 Å². The zero-order chi connectivity index (χ0) is 14.4. The lowest BCUT2D eigenvalue weighted by Crippen LogP contribution is -2.41. The second-order valence-corrected chi connectivity index (χ2v) is 4.43. The minimum atomic E-state index is -1.03. The van der Waals surface area contributed by atoms with Crippen molar-refractivity contribution in [3.63, 3.8) is 0 Å². The molecule has 0 spiro atoms. The number of halogens is 1. The van der Waals surface area contributed by atoms with Crippen molar-refractivity contribution in [2.45, 2.75) is 6.92 Å². The highest BCUT2D eigenvalue weighted by molar-refractivity contribution is 6.30. The zero-order valence-corrected chi connectivity index (χ0v) is 11.6. The molecule has 1 rings (SSSR count). The minimum absolute atomic E-state index is 0.0652. The van der Waals surface area contributed by atoms with Crippen LogP contribution in [-0.4, -0.2) is 53.5 Å². The highest BCUT2D eigenvalue weighted by Gasteiger charge is 2.17. The third-order valence-electron chi connectivity index (χ3n) is 2.54. The van der Waals surface area contributed by atoms with Gasteiger partial charge in [-0.25, -0.2) is 4.98 Å². The van der Waals surface area contributed by atoms with Gasteiger partial charge in [-0.05, 0) is 19.1 Å². The molecule has 1 N–H and O–H groups in total. The van der Waals surface area contributed by atoms with Crippen LogP contribution >= 0.6 is 11.6 Å². The van der Waals surface area contributed by atoms with Crippen LogP contribution in [0.5, 0.6) is 0 Å². The standard InChI is InChI=1S/C12H16ClN3O3/c1-3-16(8-12(18)19)11(17)7-15(2)10-5-4-9(13)6-14-10/h4-6H,3,7-8H2,1-2H3,(H,18,19). The SMILES string of the molecule is CCN(CC(=O)O)C(=O)CN(C)c1ccc(Cl)cn1. The summed E-state index contributed by atoms with van der Waals surface area (Å²) in [6, 6.07) is 3.38. The van der Waals surface area contributed by atoms with E-state index in [9.17, 15) is 9.59 Å². The van der Waals surface area contributed by atoms with E-state index in [4.69, 9.17) is 16.7 Å². The Labute approximate surface area is 116 Å². The van der Waals surface area contributed by atoms with Gasteiger partial charge in [0.15, 0.2) is 0 Å². The van der Waals surface area contributed by atoms with Gasteiger partial charge in [0.1, 0.15) is 12.4 Å². The number of anilines is 1. The summed E-state index contributed by atoms with van der Waals surface area (Å²) in [5, 5.41) is 9.23. The molecule has 0 saturated carbocycles. The molecule has 0 radical (unpaired) electrons. The Bertz CT molecular complexity index is 450. The third kappa shape index (κ3) is 4.75. The Balaban J connectivity index is 2.64. The predicted octanol–water partition coefficient (Wildman–Crippen LogP) is 1.10. The van der Waals surface area contributed by atoms with Crippen LogP contribution in [0.1, 0.15) is 6.92 Å². The van der Waals surface area contributed by atoms with Crippen molar-refractivity contribution in [2.75, 3.05) is 31.6 Å². The van der Waals surface area contributed by atoms with Gasteiger partial charge in [0.05, 0.1) is 11.6 Å². The van der Waals surface area contributed by atoms with Crippen LogP contribution < -0.4 is 4.90 Å². The topological polar surface area (TPSA) is 73.7 Å². The molecule has 0 saturated heterocycles. The average Bonchev–Trinajstić information content (AvgIpc) is 2.36. The molecule has 1 aromatic heterocycles. The van der Waals surface area contributed by atoms with Crippen LogP contribution in [0.2, 0.25) is 5.02 Å². The van der Waals surface area contributed by atoms with Gasteiger partial charge in [-0.1, -0.05) is 11.6 Å². The van der Waals surface area contributed by atoms with Crippen molar-refractivity contribution < 1.29 is 14.7 Å². The first-order valence-electron chi connectivity index (χ1n) is 5.76. The maximum Gasteiger partial charge on any atom is 0.323 e. The lowest BCUT2D eigenvalue weighted by molar-refractivity contribution is -0.143. The molecule has 6 nitrogen and oxygen atoms in total. The molecular weight excluding hydrogens is 270 g/mol. The van der Waals surface area contributed by atoms with E-state index in [1.54, 1.807) is 31.0 Å². The molecule has 1 amide bonds. The summed E-state index contributed by atoms with van der Waals surface area (Å²) < 4.78 is 0. The Hall–Kier alpha value is -1.82. The number of carboxylic acid groups (broad SMARTS) is 1. The molecule has 0 aromatic carbocycles. The van der Waals surface area contributed by atoms with E-state index >= 15 is 0 Å². The molecule has 1 aromatic rings. The third-order valence-corrected chi connectivity index (χ3v) is 2.76. The number of aromatic nitrogens is 1. The number of carboxylic acids is 1. The maximum absolute atomic E-state index is 11.9. The van der Waals surface area contributed by atoms with Crippen LogP contribution in [-0.2, 0) is 9.59 Å². The van der Waals surface area contributed by atoms with E-state index in [0.717, 1.165) is 0 Å². The van der Waals surface area contributed by atoms with Gasteiger partial charge in [-0.2, -0.15) is 0 Å². The Morgan fingerprint density at radius 3 is 2.53 bits per heavy atom. The van der Waals surface area contributed by atoms with Crippen LogP contribution in [0.3, 0.4) is 0 Å². The number of likely N-dealkylation sites (N-methyl/N-ethyl adjacent to an activating group) is 2. The van der Waals surface area contributed by atoms with Gasteiger partial charge in [0.25, 0.3) is 0 Å². The van der Waals surface area contributed by atoms with Crippen molar-refractivity contribution in [3.05, 3.63) is 23.4 Å². The molecule has 104 valence electrons. The number of pyridine rings is 1. The maximum atomic E-state index is 11.9. The fraction of sp³-hybridized carbons (Fsp3) is 0.417. The number of rotatable bonds is 6. The molecule has 1 heterocycles. The molecule has 0 aliphatic rings. The molecule has 0 aliphatic carbocycles. The number of carbonyl (C=O) groups excluding carboxylic acids is 1. The van der Waals surface area contributed by atoms with Crippen molar-refractivity contribution >= 4 is 29.3 Å². The lowest BCUT2D eigenvalue weighted by atomic mass is 10.4. The second kappa shape index (κ2) is 6.94. The summed E-state index contributed by atoms with van der Waals surface area (Å²) in [6.07, 6.45) is 1.49. The predicted molar refractivity (Wildman–Crippen MR) is 72.4 cm³/mol. The number of nitrogens with zero attached hydrogens (tertiary/aromatic N) is 3. The van der Waals surface area contributed by atoms with E-state index in [1.165, 1.54) is 11.1 Å². The second-order valence-electron chi connectivity index (χ2n) is 3.99. The number of hydrogen-bond donors (Lipinski definition) is 1. The van der Waals surface area contributed by atoms with E-state index in [2.05, 4.69) is 4.98 Å². The first-order valence-corrected chi connectivity index (χ1v) is 6.14. The number of amides is 1. The van der Waals surface area contributed by atoms with Crippen molar-refractivity contribution in [2.24, 2.45) is 0 Å². The first kappa shape index (κ1) is 15.2. The van der Waals surface area contributed by atoms with Crippen LogP contribution in [0.4, 0.5) is 5.82 Å². The van der Waals surface area contributed by atoms with E-state index < -0.39 is 5.97 Å². The molecule has 0 aliphatic heterocycles. The van der Waals surface area contributed by atoms with Gasteiger partial charge in [-0.15, -0.1) is 0 Å².